The monoisotopic (exact) mass is 420 g/mol. The summed E-state index contributed by atoms with van der Waals surface area (Å²) in [6.07, 6.45) is 6.88. The molecule has 2 aliphatic rings. The van der Waals surface area contributed by atoms with Gasteiger partial charge < -0.3 is 4.42 Å². The maximum Gasteiger partial charge on any atom is 0.180 e. The predicted octanol–water partition coefficient (Wildman–Crippen LogP) is 7.74. The van der Waals surface area contributed by atoms with Crippen molar-refractivity contribution < 1.29 is 4.42 Å². The van der Waals surface area contributed by atoms with E-state index in [0.717, 1.165) is 52.0 Å². The number of aromatic nitrogens is 2. The molecular weight excluding hydrogens is 392 g/mol. The second-order valence-electron chi connectivity index (χ2n) is 10.6. The largest absolute Gasteiger partial charge is 0.452 e. The Kier molecular flexibility index (Phi) is 3.90. The molecule has 0 fully saturated rings. The van der Waals surface area contributed by atoms with Gasteiger partial charge in [0.25, 0.3) is 0 Å². The summed E-state index contributed by atoms with van der Waals surface area (Å²) in [5, 5.41) is 1.04. The molecule has 2 aromatic heterocycles. The van der Waals surface area contributed by atoms with Gasteiger partial charge in [0.05, 0.1) is 0 Å². The molecule has 0 saturated carbocycles. The van der Waals surface area contributed by atoms with Gasteiger partial charge in [0.1, 0.15) is 22.6 Å². The number of rotatable bonds is 1. The van der Waals surface area contributed by atoms with Crippen LogP contribution in [0.1, 0.15) is 64.4 Å². The SMILES string of the molecule is CC(C)(C)c1nc(-c2ccc3c(c2)C2=C(CCC=C2)C3(C)C)c2oc3ccccc3c2n1. The summed E-state index contributed by atoms with van der Waals surface area (Å²) in [7, 11) is 0. The van der Waals surface area contributed by atoms with Crippen LogP contribution in [0.4, 0.5) is 0 Å². The summed E-state index contributed by atoms with van der Waals surface area (Å²) in [6, 6.07) is 15.0. The minimum atomic E-state index is -0.165. The van der Waals surface area contributed by atoms with Gasteiger partial charge in [-0.1, -0.05) is 76.6 Å². The van der Waals surface area contributed by atoms with Crippen molar-refractivity contribution in [1.29, 1.82) is 0 Å². The van der Waals surface area contributed by atoms with Crippen molar-refractivity contribution in [2.24, 2.45) is 0 Å². The van der Waals surface area contributed by atoms with E-state index in [-0.39, 0.29) is 10.8 Å². The van der Waals surface area contributed by atoms with Crippen LogP contribution in [0.25, 0.3) is 38.9 Å². The lowest BCUT2D eigenvalue weighted by Crippen LogP contribution is -2.17. The van der Waals surface area contributed by atoms with Crippen LogP contribution in [-0.2, 0) is 10.8 Å². The molecule has 32 heavy (non-hydrogen) atoms. The van der Waals surface area contributed by atoms with Gasteiger partial charge >= 0.3 is 0 Å². The molecule has 0 radical (unpaired) electrons. The number of furan rings is 1. The second-order valence-corrected chi connectivity index (χ2v) is 10.6. The van der Waals surface area contributed by atoms with E-state index in [1.165, 1.54) is 16.7 Å². The quantitative estimate of drug-likeness (QED) is 0.316. The summed E-state index contributed by atoms with van der Waals surface area (Å²) in [6.45, 7) is 11.2. The average Bonchev–Trinajstić information content (AvgIpc) is 3.26. The minimum absolute atomic E-state index is 0.0743. The summed E-state index contributed by atoms with van der Waals surface area (Å²) < 4.78 is 6.32. The van der Waals surface area contributed by atoms with Crippen LogP contribution in [0, 0.1) is 0 Å². The molecule has 160 valence electrons. The van der Waals surface area contributed by atoms with Gasteiger partial charge in [0, 0.05) is 21.8 Å². The molecule has 0 spiro atoms. The maximum atomic E-state index is 6.32. The van der Waals surface area contributed by atoms with Crippen molar-refractivity contribution in [3.8, 4) is 11.3 Å². The van der Waals surface area contributed by atoms with Gasteiger partial charge in [0.2, 0.25) is 0 Å². The van der Waals surface area contributed by atoms with Crippen molar-refractivity contribution in [2.45, 2.75) is 58.3 Å². The zero-order valence-corrected chi connectivity index (χ0v) is 19.4. The average molecular weight is 421 g/mol. The lowest BCUT2D eigenvalue weighted by atomic mass is 9.78. The highest BCUT2D eigenvalue weighted by atomic mass is 16.3. The topological polar surface area (TPSA) is 38.9 Å². The Hall–Kier alpha value is -3.20. The smallest absolute Gasteiger partial charge is 0.180 e. The summed E-state index contributed by atoms with van der Waals surface area (Å²) in [4.78, 5) is 10.0. The molecule has 4 aromatic rings. The number of para-hydroxylation sites is 1. The molecule has 0 unspecified atom stereocenters. The minimum Gasteiger partial charge on any atom is -0.452 e. The van der Waals surface area contributed by atoms with E-state index in [1.807, 2.05) is 18.2 Å². The van der Waals surface area contributed by atoms with E-state index in [9.17, 15) is 0 Å². The number of allylic oxidation sites excluding steroid dienone is 4. The molecule has 0 bridgehead atoms. The molecule has 2 aliphatic carbocycles. The fourth-order valence-electron chi connectivity index (χ4n) is 5.31. The van der Waals surface area contributed by atoms with Crippen LogP contribution in [0.5, 0.6) is 0 Å². The first-order valence-corrected chi connectivity index (χ1v) is 11.5. The first kappa shape index (κ1) is 19.5. The Morgan fingerprint density at radius 1 is 1.00 bits per heavy atom. The third-order valence-electron chi connectivity index (χ3n) is 7.07. The molecular formula is C29H28N2O. The number of fused-ring (bicyclic) bond motifs is 5. The van der Waals surface area contributed by atoms with E-state index in [1.54, 1.807) is 5.57 Å². The highest BCUT2D eigenvalue weighted by molar-refractivity contribution is 6.06. The zero-order valence-electron chi connectivity index (χ0n) is 19.4. The second kappa shape index (κ2) is 6.41. The fourth-order valence-corrected chi connectivity index (χ4v) is 5.31. The Balaban J connectivity index is 1.65. The van der Waals surface area contributed by atoms with Crippen LogP contribution >= 0.6 is 0 Å². The number of nitrogens with zero attached hydrogens (tertiary/aromatic N) is 2. The molecule has 0 atom stereocenters. The lowest BCUT2D eigenvalue weighted by molar-refractivity contribution is 0.547. The summed E-state index contributed by atoms with van der Waals surface area (Å²) in [5.41, 5.74) is 10.1. The Morgan fingerprint density at radius 2 is 1.81 bits per heavy atom. The number of benzene rings is 2. The van der Waals surface area contributed by atoms with E-state index in [0.29, 0.717) is 0 Å². The molecule has 6 rings (SSSR count). The Morgan fingerprint density at radius 3 is 2.62 bits per heavy atom. The summed E-state index contributed by atoms with van der Waals surface area (Å²) in [5.74, 6) is 0.838. The van der Waals surface area contributed by atoms with E-state index >= 15 is 0 Å². The van der Waals surface area contributed by atoms with Crippen molar-refractivity contribution >= 4 is 27.6 Å². The number of hydrogen-bond donors (Lipinski definition) is 0. The van der Waals surface area contributed by atoms with Crippen molar-refractivity contribution in [3.63, 3.8) is 0 Å². The van der Waals surface area contributed by atoms with Gasteiger partial charge in [-0.3, -0.25) is 0 Å². The van der Waals surface area contributed by atoms with E-state index in [4.69, 9.17) is 14.4 Å². The number of hydrogen-bond acceptors (Lipinski definition) is 3. The van der Waals surface area contributed by atoms with Crippen LogP contribution in [0.15, 0.2) is 64.6 Å². The Bertz CT molecular complexity index is 1470. The first-order valence-electron chi connectivity index (χ1n) is 11.5. The molecule has 0 saturated heterocycles. The van der Waals surface area contributed by atoms with Gasteiger partial charge in [-0.05, 0) is 47.7 Å². The molecule has 0 N–H and O–H groups in total. The van der Waals surface area contributed by atoms with E-state index in [2.05, 4.69) is 71.0 Å². The van der Waals surface area contributed by atoms with Gasteiger partial charge in [-0.15, -0.1) is 0 Å². The first-order chi connectivity index (χ1) is 15.2. The van der Waals surface area contributed by atoms with Crippen molar-refractivity contribution in [3.05, 3.63) is 77.1 Å². The maximum absolute atomic E-state index is 6.32. The summed E-state index contributed by atoms with van der Waals surface area (Å²) >= 11 is 0. The van der Waals surface area contributed by atoms with Crippen LogP contribution in [0.3, 0.4) is 0 Å². The van der Waals surface area contributed by atoms with Gasteiger partial charge in [-0.2, -0.15) is 0 Å². The molecule has 3 heteroatoms. The third kappa shape index (κ3) is 2.67. The van der Waals surface area contributed by atoms with E-state index < -0.39 is 0 Å². The fraction of sp³-hybridized carbons (Fsp3) is 0.310. The molecule has 3 nitrogen and oxygen atoms in total. The van der Waals surface area contributed by atoms with Crippen LogP contribution in [-0.4, -0.2) is 9.97 Å². The van der Waals surface area contributed by atoms with Crippen molar-refractivity contribution in [2.75, 3.05) is 0 Å². The zero-order chi connectivity index (χ0) is 22.3. The molecule has 2 aromatic carbocycles. The van der Waals surface area contributed by atoms with Gasteiger partial charge in [0.15, 0.2) is 5.58 Å². The molecule has 2 heterocycles. The standard InChI is InChI=1S/C29H28N2O/c1-28(2,3)27-30-24(26-25(31-27)19-11-7-9-13-23(19)32-26)17-14-15-22-20(16-17)18-10-6-8-12-21(18)29(22,4)5/h6-7,9-11,13-16H,8,12H2,1-5H3. The lowest BCUT2D eigenvalue weighted by Gasteiger charge is -2.25. The molecule has 0 aliphatic heterocycles. The highest BCUT2D eigenvalue weighted by Gasteiger charge is 2.37. The normalized spacial score (nSPS) is 17.3. The third-order valence-corrected chi connectivity index (χ3v) is 7.07. The van der Waals surface area contributed by atoms with Gasteiger partial charge in [-0.25, -0.2) is 9.97 Å². The Labute approximate surface area is 188 Å². The van der Waals surface area contributed by atoms with Crippen LogP contribution < -0.4 is 0 Å². The van der Waals surface area contributed by atoms with Crippen molar-refractivity contribution in [1.82, 2.24) is 9.97 Å². The predicted molar refractivity (Wildman–Crippen MR) is 132 cm³/mol. The highest BCUT2D eigenvalue weighted by Crippen LogP contribution is 2.51. The molecule has 0 amide bonds. The van der Waals surface area contributed by atoms with Crippen LogP contribution in [0.2, 0.25) is 0 Å².